The molecule has 190 valence electrons. The van der Waals surface area contributed by atoms with Crippen LogP contribution in [0, 0.1) is 17.8 Å². The maximum Gasteiger partial charge on any atom is 0.258 e. The zero-order valence-corrected chi connectivity index (χ0v) is 21.1. The fourth-order valence-corrected chi connectivity index (χ4v) is 7.58. The van der Waals surface area contributed by atoms with Crippen molar-refractivity contribution in [3.05, 3.63) is 75.2 Å². The minimum atomic E-state index is -0.367. The van der Waals surface area contributed by atoms with Crippen molar-refractivity contribution in [2.24, 2.45) is 17.8 Å². The lowest BCUT2D eigenvalue weighted by Crippen LogP contribution is -2.52. The number of allylic oxidation sites excluding steroid dienone is 1. The largest absolute Gasteiger partial charge is 0.396 e. The maximum atomic E-state index is 13.9. The highest BCUT2D eigenvalue weighted by Crippen LogP contribution is 2.50. The number of aliphatic hydroxyl groups is 1. The van der Waals surface area contributed by atoms with E-state index in [-0.39, 0.29) is 48.0 Å². The standard InChI is InChI=1S/C30H37N3O3/c1-2-7-20-12-13-26-27-24(17-32(26)30(20)36)25(18-34)28(33(27)16-19-8-3-4-9-19)29(35)31-23-14-21-10-5-6-11-22(21)15-23/h2,5-7,10-13,19,23-25,27-28,34H,3-4,8-9,14-18H2,1H3,(H,31,35)/b7-2+/t24-,25-,27+,28-/m0/s1. The molecule has 0 spiro atoms. The molecule has 1 aromatic carbocycles. The Bertz CT molecular complexity index is 1200. The monoisotopic (exact) mass is 487 g/mol. The van der Waals surface area contributed by atoms with E-state index in [0.29, 0.717) is 18.0 Å². The number of carbonyl (C=O) groups excluding carboxylic acids is 1. The third-order valence-electron chi connectivity index (χ3n) is 9.18. The molecule has 1 saturated carbocycles. The summed E-state index contributed by atoms with van der Waals surface area (Å²) in [4.78, 5) is 29.5. The van der Waals surface area contributed by atoms with Gasteiger partial charge in [0.2, 0.25) is 5.91 Å². The first-order valence-corrected chi connectivity index (χ1v) is 13.7. The highest BCUT2D eigenvalue weighted by molar-refractivity contribution is 5.83. The zero-order chi connectivity index (χ0) is 24.8. The Morgan fingerprint density at radius 3 is 2.50 bits per heavy atom. The SMILES string of the molecule is C/C=C/c1ccc2n(c1=O)C[C@H]1[C@H](CO)[C@@H](C(=O)NC3Cc4ccccc4C3)N(CC3CCCC3)[C@@H]21. The van der Waals surface area contributed by atoms with Gasteiger partial charge in [0.25, 0.3) is 5.56 Å². The molecule has 1 aromatic heterocycles. The predicted molar refractivity (Wildman–Crippen MR) is 140 cm³/mol. The van der Waals surface area contributed by atoms with E-state index in [2.05, 4.69) is 40.5 Å². The van der Waals surface area contributed by atoms with Crippen molar-refractivity contribution < 1.29 is 9.90 Å². The van der Waals surface area contributed by atoms with Crippen LogP contribution in [0.15, 0.2) is 47.3 Å². The summed E-state index contributed by atoms with van der Waals surface area (Å²) in [6.45, 7) is 3.29. The Hall–Kier alpha value is -2.70. The summed E-state index contributed by atoms with van der Waals surface area (Å²) in [5, 5.41) is 14.0. The first kappa shape index (κ1) is 23.7. The van der Waals surface area contributed by atoms with Gasteiger partial charge in [0.05, 0.1) is 12.1 Å². The number of likely N-dealkylation sites (tertiary alicyclic amines) is 1. The van der Waals surface area contributed by atoms with Crippen LogP contribution in [0.3, 0.4) is 0 Å². The summed E-state index contributed by atoms with van der Waals surface area (Å²) in [5.41, 5.74) is 4.36. The van der Waals surface area contributed by atoms with Crippen molar-refractivity contribution >= 4 is 12.0 Å². The van der Waals surface area contributed by atoms with Crippen molar-refractivity contribution in [3.63, 3.8) is 0 Å². The Morgan fingerprint density at radius 1 is 1.11 bits per heavy atom. The fraction of sp³-hybridized carbons (Fsp3) is 0.533. The van der Waals surface area contributed by atoms with Gasteiger partial charge in [-0.3, -0.25) is 14.5 Å². The molecule has 1 amide bonds. The summed E-state index contributed by atoms with van der Waals surface area (Å²) < 4.78 is 1.90. The Morgan fingerprint density at radius 2 is 1.83 bits per heavy atom. The van der Waals surface area contributed by atoms with Crippen LogP contribution in [0.25, 0.3) is 6.08 Å². The molecule has 6 rings (SSSR count). The van der Waals surface area contributed by atoms with Gasteiger partial charge in [-0.1, -0.05) is 49.3 Å². The number of rotatable bonds is 6. The zero-order valence-electron chi connectivity index (χ0n) is 21.1. The molecule has 6 heteroatoms. The molecule has 4 aliphatic rings. The number of aromatic nitrogens is 1. The minimum absolute atomic E-state index is 0.00775. The van der Waals surface area contributed by atoms with E-state index in [4.69, 9.17) is 0 Å². The summed E-state index contributed by atoms with van der Waals surface area (Å²) in [7, 11) is 0. The number of aliphatic hydroxyl groups excluding tert-OH is 1. The van der Waals surface area contributed by atoms with Gasteiger partial charge in [-0.25, -0.2) is 0 Å². The minimum Gasteiger partial charge on any atom is -0.396 e. The molecule has 36 heavy (non-hydrogen) atoms. The van der Waals surface area contributed by atoms with Crippen molar-refractivity contribution in [2.45, 2.75) is 70.1 Å². The van der Waals surface area contributed by atoms with Gasteiger partial charge in [0.15, 0.2) is 0 Å². The van der Waals surface area contributed by atoms with Crippen LogP contribution in [0.4, 0.5) is 0 Å². The van der Waals surface area contributed by atoms with Gasteiger partial charge in [-0.05, 0) is 61.8 Å². The Kier molecular flexibility index (Phi) is 6.34. The molecule has 2 aliphatic heterocycles. The summed E-state index contributed by atoms with van der Waals surface area (Å²) >= 11 is 0. The molecular formula is C30H37N3O3. The van der Waals surface area contributed by atoms with E-state index in [1.807, 2.05) is 29.7 Å². The van der Waals surface area contributed by atoms with Gasteiger partial charge < -0.3 is 15.0 Å². The number of pyridine rings is 1. The van der Waals surface area contributed by atoms with Crippen molar-refractivity contribution in [1.29, 1.82) is 0 Å². The number of hydrogen-bond donors (Lipinski definition) is 2. The van der Waals surface area contributed by atoms with Crippen LogP contribution in [-0.2, 0) is 24.2 Å². The van der Waals surface area contributed by atoms with E-state index in [9.17, 15) is 14.7 Å². The number of nitrogens with one attached hydrogen (secondary N) is 1. The topological polar surface area (TPSA) is 74.6 Å². The predicted octanol–water partition coefficient (Wildman–Crippen LogP) is 3.32. The molecule has 0 unspecified atom stereocenters. The first-order chi connectivity index (χ1) is 17.6. The lowest BCUT2D eigenvalue weighted by Gasteiger charge is -2.33. The van der Waals surface area contributed by atoms with Gasteiger partial charge >= 0.3 is 0 Å². The molecule has 0 radical (unpaired) electrons. The molecule has 2 N–H and O–H groups in total. The lowest BCUT2D eigenvalue weighted by molar-refractivity contribution is -0.128. The third-order valence-corrected chi connectivity index (χ3v) is 9.18. The van der Waals surface area contributed by atoms with Crippen LogP contribution in [-0.4, -0.2) is 45.7 Å². The van der Waals surface area contributed by atoms with E-state index in [0.717, 1.165) is 25.1 Å². The van der Waals surface area contributed by atoms with Crippen LogP contribution >= 0.6 is 0 Å². The molecule has 4 atom stereocenters. The highest BCUT2D eigenvalue weighted by atomic mass is 16.3. The van der Waals surface area contributed by atoms with Gasteiger partial charge in [-0.2, -0.15) is 0 Å². The second-order valence-corrected chi connectivity index (χ2v) is 11.3. The van der Waals surface area contributed by atoms with Crippen LogP contribution in [0.5, 0.6) is 0 Å². The highest BCUT2D eigenvalue weighted by Gasteiger charge is 2.56. The van der Waals surface area contributed by atoms with Gasteiger partial charge in [-0.15, -0.1) is 0 Å². The molecule has 2 aliphatic carbocycles. The number of amides is 1. The number of hydrogen-bond acceptors (Lipinski definition) is 4. The third kappa shape index (κ3) is 3.95. The number of nitrogens with zero attached hydrogens (tertiary/aromatic N) is 2. The summed E-state index contributed by atoms with van der Waals surface area (Å²) in [5.74, 6) is 0.474. The maximum absolute atomic E-state index is 13.9. The quantitative estimate of drug-likeness (QED) is 0.656. The number of carbonyl (C=O) groups is 1. The normalized spacial score (nSPS) is 28.1. The van der Waals surface area contributed by atoms with Crippen LogP contribution < -0.4 is 10.9 Å². The molecular weight excluding hydrogens is 450 g/mol. The average Bonchev–Trinajstić information content (AvgIpc) is 3.64. The average molecular weight is 488 g/mol. The Balaban J connectivity index is 1.31. The van der Waals surface area contributed by atoms with E-state index in [1.165, 1.54) is 36.8 Å². The second-order valence-electron chi connectivity index (χ2n) is 11.3. The summed E-state index contributed by atoms with van der Waals surface area (Å²) in [6, 6.07) is 12.1. The number of benzene rings is 1. The fourth-order valence-electron chi connectivity index (χ4n) is 7.58. The molecule has 0 bridgehead atoms. The molecule has 6 nitrogen and oxygen atoms in total. The molecule has 2 aromatic rings. The number of fused-ring (bicyclic) bond motifs is 4. The molecule has 1 saturated heterocycles. The van der Waals surface area contributed by atoms with Gasteiger partial charge in [0, 0.05) is 48.8 Å². The van der Waals surface area contributed by atoms with E-state index in [1.54, 1.807) is 0 Å². The van der Waals surface area contributed by atoms with Crippen molar-refractivity contribution in [1.82, 2.24) is 14.8 Å². The first-order valence-electron chi connectivity index (χ1n) is 13.7. The van der Waals surface area contributed by atoms with Gasteiger partial charge in [0.1, 0.15) is 0 Å². The second kappa shape index (κ2) is 9.64. The van der Waals surface area contributed by atoms with Crippen LogP contribution in [0.2, 0.25) is 0 Å². The Labute approximate surface area is 213 Å². The molecule has 3 heterocycles. The molecule has 2 fully saturated rings. The van der Waals surface area contributed by atoms with Crippen molar-refractivity contribution in [3.8, 4) is 0 Å². The van der Waals surface area contributed by atoms with Crippen LogP contribution in [0.1, 0.15) is 61.0 Å². The smallest absolute Gasteiger partial charge is 0.258 e. The van der Waals surface area contributed by atoms with Crippen molar-refractivity contribution in [2.75, 3.05) is 13.2 Å². The lowest BCUT2D eigenvalue weighted by atomic mass is 9.88. The van der Waals surface area contributed by atoms with E-state index >= 15 is 0 Å². The summed E-state index contributed by atoms with van der Waals surface area (Å²) in [6.07, 6.45) is 10.4. The van der Waals surface area contributed by atoms with E-state index < -0.39 is 0 Å².